The minimum absolute atomic E-state index is 0.170. The summed E-state index contributed by atoms with van der Waals surface area (Å²) in [6.45, 7) is 5.28. The predicted octanol–water partition coefficient (Wildman–Crippen LogP) is 7.36. The molecule has 1 fully saturated rings. The summed E-state index contributed by atoms with van der Waals surface area (Å²) in [5.74, 6) is -3.52. The number of anilines is 3. The number of imide groups is 1. The molecular weight excluding hydrogens is 686 g/mol. The number of alkyl halides is 3. The summed E-state index contributed by atoms with van der Waals surface area (Å²) in [5, 5.41) is 4.14. The number of amides is 3. The molecule has 0 unspecified atom stereocenters. The summed E-state index contributed by atoms with van der Waals surface area (Å²) in [6.07, 6.45) is -4.67. The van der Waals surface area contributed by atoms with Crippen LogP contribution >= 0.6 is 23.1 Å². The van der Waals surface area contributed by atoms with E-state index in [1.165, 1.54) is 16.7 Å². The van der Waals surface area contributed by atoms with Crippen LogP contribution in [0.3, 0.4) is 0 Å². The van der Waals surface area contributed by atoms with Gasteiger partial charge in [0.15, 0.2) is 0 Å². The van der Waals surface area contributed by atoms with Crippen LogP contribution in [0.4, 0.5) is 30.2 Å². The fourth-order valence-electron chi connectivity index (χ4n) is 6.78. The van der Waals surface area contributed by atoms with Crippen LogP contribution in [-0.4, -0.2) is 40.6 Å². The SMILES string of the molecule is CCN(CC)c1ccc([C@@H]2c3sc(=O)n(CC(=O)Nc4ccc5ccccc5c4)c3S[C@H]3C(=O)N(c4cccc(C(F)(F)F)c4)C(=O)[C@@H]23)cc1. The van der Waals surface area contributed by atoms with E-state index in [0.29, 0.717) is 21.2 Å². The zero-order valence-electron chi connectivity index (χ0n) is 26.9. The van der Waals surface area contributed by atoms with Crippen LogP contribution in [0.1, 0.15) is 35.8 Å². The molecular formula is C37H31F3N4O4S2. The van der Waals surface area contributed by atoms with Crippen molar-refractivity contribution in [2.75, 3.05) is 28.2 Å². The van der Waals surface area contributed by atoms with Crippen LogP contribution in [-0.2, 0) is 27.1 Å². The van der Waals surface area contributed by atoms with Crippen LogP contribution in [0.15, 0.2) is 101 Å². The van der Waals surface area contributed by atoms with E-state index in [2.05, 4.69) is 10.2 Å². The smallest absolute Gasteiger partial charge is 0.372 e. The molecule has 50 heavy (non-hydrogen) atoms. The molecule has 0 saturated carbocycles. The third-order valence-electron chi connectivity index (χ3n) is 9.20. The van der Waals surface area contributed by atoms with E-state index in [4.69, 9.17) is 0 Å². The summed E-state index contributed by atoms with van der Waals surface area (Å²) in [6, 6.07) is 24.9. The number of fused-ring (bicyclic) bond motifs is 3. The van der Waals surface area contributed by atoms with Crippen LogP contribution in [0, 0.1) is 5.92 Å². The van der Waals surface area contributed by atoms with Crippen LogP contribution in [0.25, 0.3) is 10.8 Å². The number of thioether (sulfide) groups is 1. The topological polar surface area (TPSA) is 91.7 Å². The van der Waals surface area contributed by atoms with Gasteiger partial charge in [0.1, 0.15) is 11.8 Å². The highest BCUT2D eigenvalue weighted by Crippen LogP contribution is 2.54. The van der Waals surface area contributed by atoms with Crippen molar-refractivity contribution in [3.05, 3.63) is 117 Å². The van der Waals surface area contributed by atoms with E-state index in [-0.39, 0.29) is 12.2 Å². The van der Waals surface area contributed by atoms with Crippen LogP contribution in [0.2, 0.25) is 0 Å². The molecule has 0 radical (unpaired) electrons. The maximum Gasteiger partial charge on any atom is 0.416 e. The Balaban J connectivity index is 1.27. The van der Waals surface area contributed by atoms with Crippen molar-refractivity contribution in [2.45, 2.75) is 42.8 Å². The Bertz CT molecular complexity index is 2190. The highest BCUT2D eigenvalue weighted by molar-refractivity contribution is 8.00. The normalized spacial score (nSPS) is 18.7. The maximum atomic E-state index is 14.2. The molecule has 1 saturated heterocycles. The lowest BCUT2D eigenvalue weighted by atomic mass is 9.83. The van der Waals surface area contributed by atoms with Crippen molar-refractivity contribution in [1.29, 1.82) is 0 Å². The number of benzene rings is 4. The fourth-order valence-corrected chi connectivity index (χ4v) is 9.56. The number of carbonyl (C=O) groups is 3. The molecule has 1 aromatic heterocycles. The number of hydrogen-bond acceptors (Lipinski definition) is 7. The van der Waals surface area contributed by atoms with E-state index in [0.717, 1.165) is 69.7 Å². The molecule has 3 heterocycles. The van der Waals surface area contributed by atoms with E-state index in [9.17, 15) is 32.3 Å². The number of hydrogen-bond donors (Lipinski definition) is 1. The Morgan fingerprint density at radius 2 is 1.58 bits per heavy atom. The first-order chi connectivity index (χ1) is 24.0. The largest absolute Gasteiger partial charge is 0.416 e. The monoisotopic (exact) mass is 716 g/mol. The van der Waals surface area contributed by atoms with Gasteiger partial charge in [-0.3, -0.25) is 23.7 Å². The second kappa shape index (κ2) is 13.1. The lowest BCUT2D eigenvalue weighted by Gasteiger charge is -2.31. The quantitative estimate of drug-likeness (QED) is 0.169. The van der Waals surface area contributed by atoms with Crippen molar-refractivity contribution in [2.24, 2.45) is 5.92 Å². The third kappa shape index (κ3) is 5.98. The van der Waals surface area contributed by atoms with E-state index < -0.39 is 51.4 Å². The highest BCUT2D eigenvalue weighted by Gasteiger charge is 2.57. The Labute approximate surface area is 293 Å². The minimum atomic E-state index is -4.67. The summed E-state index contributed by atoms with van der Waals surface area (Å²) in [7, 11) is 0. The summed E-state index contributed by atoms with van der Waals surface area (Å²) in [5.41, 5.74) is 1.04. The first kappa shape index (κ1) is 33.6. The second-order valence-electron chi connectivity index (χ2n) is 12.1. The van der Waals surface area contributed by atoms with Crippen molar-refractivity contribution in [1.82, 2.24) is 4.57 Å². The lowest BCUT2D eigenvalue weighted by Crippen LogP contribution is -2.33. The summed E-state index contributed by atoms with van der Waals surface area (Å²) in [4.78, 5) is 58.2. The van der Waals surface area contributed by atoms with E-state index in [1.54, 1.807) is 6.07 Å². The van der Waals surface area contributed by atoms with Gasteiger partial charge < -0.3 is 10.2 Å². The Hall–Kier alpha value is -4.88. The standard InChI is InChI=1S/C37H31F3N4O4S2/c1-3-42(4-2)26-16-13-22(14-17-26)29-30-31(34(47)44(33(30)46)27-11-7-10-24(19-27)37(38,39)40)49-35-32(29)50-36(48)43(35)20-28(45)41-25-15-12-21-8-5-6-9-23(21)18-25/h5-19,29-31H,3-4,20H2,1-2H3,(H,41,45)/t29-,30-,31+/m0/s1. The van der Waals surface area contributed by atoms with Gasteiger partial charge in [-0.1, -0.05) is 71.6 Å². The molecule has 4 aromatic carbocycles. The van der Waals surface area contributed by atoms with Gasteiger partial charge in [-0.2, -0.15) is 13.2 Å². The molecule has 0 aliphatic carbocycles. The zero-order chi connectivity index (χ0) is 35.3. The van der Waals surface area contributed by atoms with E-state index in [1.807, 2.05) is 74.5 Å². The number of carbonyl (C=O) groups excluding carboxylic acids is 3. The van der Waals surface area contributed by atoms with E-state index >= 15 is 0 Å². The molecule has 5 aromatic rings. The minimum Gasteiger partial charge on any atom is -0.372 e. The van der Waals surface area contributed by atoms with Crippen molar-refractivity contribution >= 4 is 68.7 Å². The molecule has 2 aliphatic rings. The molecule has 7 rings (SSSR count). The first-order valence-electron chi connectivity index (χ1n) is 16.1. The van der Waals surface area contributed by atoms with Gasteiger partial charge in [0.2, 0.25) is 17.7 Å². The third-order valence-corrected chi connectivity index (χ3v) is 11.8. The Morgan fingerprint density at radius 3 is 2.28 bits per heavy atom. The zero-order valence-corrected chi connectivity index (χ0v) is 28.6. The number of rotatable bonds is 8. The van der Waals surface area contributed by atoms with Crippen molar-refractivity contribution in [3.8, 4) is 0 Å². The van der Waals surface area contributed by atoms with Crippen LogP contribution in [0.5, 0.6) is 0 Å². The highest BCUT2D eigenvalue weighted by atomic mass is 32.2. The fraction of sp³-hybridized carbons (Fsp3) is 0.243. The molecule has 0 bridgehead atoms. The molecule has 256 valence electrons. The lowest BCUT2D eigenvalue weighted by molar-refractivity contribution is -0.137. The van der Waals surface area contributed by atoms with Crippen LogP contribution < -0.4 is 20.0 Å². The average Bonchev–Trinajstić information content (AvgIpc) is 3.54. The Kier molecular flexibility index (Phi) is 8.81. The van der Waals surface area contributed by atoms with Gasteiger partial charge in [-0.15, -0.1) is 0 Å². The van der Waals surface area contributed by atoms with Gasteiger partial charge in [-0.05, 0) is 72.6 Å². The summed E-state index contributed by atoms with van der Waals surface area (Å²) < 4.78 is 42.2. The number of thiazole rings is 1. The molecule has 13 heteroatoms. The van der Waals surface area contributed by atoms with Gasteiger partial charge in [-0.25, -0.2) is 4.90 Å². The van der Waals surface area contributed by atoms with Gasteiger partial charge in [0.05, 0.1) is 22.2 Å². The number of nitrogens with one attached hydrogen (secondary N) is 1. The van der Waals surface area contributed by atoms with Crippen molar-refractivity contribution < 1.29 is 27.6 Å². The van der Waals surface area contributed by atoms with Crippen molar-refractivity contribution in [3.63, 3.8) is 0 Å². The molecule has 1 N–H and O–H groups in total. The van der Waals surface area contributed by atoms with Gasteiger partial charge >= 0.3 is 11.0 Å². The molecule has 3 atom stereocenters. The van der Waals surface area contributed by atoms with Gasteiger partial charge in [0.25, 0.3) is 0 Å². The first-order valence-corrected chi connectivity index (χ1v) is 17.8. The summed E-state index contributed by atoms with van der Waals surface area (Å²) >= 11 is 1.92. The number of nitrogens with zero attached hydrogens (tertiary/aromatic N) is 3. The molecule has 2 aliphatic heterocycles. The number of aromatic nitrogens is 1. The molecule has 0 spiro atoms. The van der Waals surface area contributed by atoms with Gasteiger partial charge in [0, 0.05) is 35.3 Å². The maximum absolute atomic E-state index is 14.2. The molecule has 8 nitrogen and oxygen atoms in total. The second-order valence-corrected chi connectivity index (χ2v) is 14.2. The Morgan fingerprint density at radius 1 is 0.860 bits per heavy atom. The molecule has 3 amide bonds. The number of halogens is 3. The predicted molar refractivity (Wildman–Crippen MR) is 190 cm³/mol. The average molecular weight is 717 g/mol.